The standard InChI is InChI=1S/C11H17N3O2/c1-4-14(8-11(15)16-5-2)10-7-6-9(3)12-13-10/h6-7H,4-5,8H2,1-3H3. The molecule has 16 heavy (non-hydrogen) atoms. The van der Waals surface area contributed by atoms with Crippen LogP contribution in [0.2, 0.25) is 0 Å². The Morgan fingerprint density at radius 1 is 1.38 bits per heavy atom. The van der Waals surface area contributed by atoms with E-state index in [0.717, 1.165) is 5.69 Å². The minimum absolute atomic E-state index is 0.210. The molecule has 0 fully saturated rings. The topological polar surface area (TPSA) is 55.3 Å². The van der Waals surface area contributed by atoms with E-state index in [0.29, 0.717) is 19.0 Å². The molecule has 88 valence electrons. The Morgan fingerprint density at radius 2 is 2.12 bits per heavy atom. The van der Waals surface area contributed by atoms with Gasteiger partial charge in [-0.25, -0.2) is 0 Å². The largest absolute Gasteiger partial charge is 0.465 e. The number of rotatable bonds is 5. The van der Waals surface area contributed by atoms with Crippen molar-refractivity contribution in [1.29, 1.82) is 0 Å². The third-order valence-electron chi connectivity index (χ3n) is 2.11. The fraction of sp³-hybridized carbons (Fsp3) is 0.545. The monoisotopic (exact) mass is 223 g/mol. The molecule has 0 amide bonds. The number of carbonyl (C=O) groups excluding carboxylic acids is 1. The summed E-state index contributed by atoms with van der Waals surface area (Å²) in [5.41, 5.74) is 0.857. The van der Waals surface area contributed by atoms with Gasteiger partial charge < -0.3 is 9.64 Å². The van der Waals surface area contributed by atoms with Crippen LogP contribution < -0.4 is 4.90 Å². The molecule has 0 saturated carbocycles. The number of esters is 1. The van der Waals surface area contributed by atoms with Crippen LogP contribution in [-0.4, -0.2) is 35.9 Å². The van der Waals surface area contributed by atoms with Gasteiger partial charge in [0.1, 0.15) is 6.54 Å². The number of ether oxygens (including phenoxy) is 1. The Hall–Kier alpha value is -1.65. The van der Waals surface area contributed by atoms with Crippen LogP contribution in [-0.2, 0) is 9.53 Å². The summed E-state index contributed by atoms with van der Waals surface area (Å²) in [6.07, 6.45) is 0. The Bertz CT molecular complexity index is 338. The van der Waals surface area contributed by atoms with Crippen molar-refractivity contribution in [3.05, 3.63) is 17.8 Å². The maximum absolute atomic E-state index is 11.3. The lowest BCUT2D eigenvalue weighted by Crippen LogP contribution is -2.31. The van der Waals surface area contributed by atoms with Crippen molar-refractivity contribution >= 4 is 11.8 Å². The number of nitrogens with zero attached hydrogens (tertiary/aromatic N) is 3. The zero-order valence-electron chi connectivity index (χ0n) is 9.93. The number of aromatic nitrogens is 2. The molecule has 5 heteroatoms. The molecule has 0 saturated heterocycles. The first-order chi connectivity index (χ1) is 7.67. The van der Waals surface area contributed by atoms with Crippen molar-refractivity contribution in [1.82, 2.24) is 10.2 Å². The second kappa shape index (κ2) is 6.05. The van der Waals surface area contributed by atoms with Crippen molar-refractivity contribution < 1.29 is 9.53 Å². The first-order valence-electron chi connectivity index (χ1n) is 5.38. The predicted octanol–water partition coefficient (Wildman–Crippen LogP) is 1.17. The lowest BCUT2D eigenvalue weighted by Gasteiger charge is -2.19. The average Bonchev–Trinajstić information content (AvgIpc) is 2.27. The van der Waals surface area contributed by atoms with Gasteiger partial charge in [0.2, 0.25) is 0 Å². The summed E-state index contributed by atoms with van der Waals surface area (Å²) >= 11 is 0. The van der Waals surface area contributed by atoms with Crippen LogP contribution in [0.4, 0.5) is 5.82 Å². The summed E-state index contributed by atoms with van der Waals surface area (Å²) in [4.78, 5) is 13.2. The highest BCUT2D eigenvalue weighted by molar-refractivity contribution is 5.75. The van der Waals surface area contributed by atoms with Gasteiger partial charge in [0.15, 0.2) is 5.82 Å². The predicted molar refractivity (Wildman–Crippen MR) is 61.3 cm³/mol. The minimum atomic E-state index is -0.244. The van der Waals surface area contributed by atoms with Crippen molar-refractivity contribution in [3.63, 3.8) is 0 Å². The van der Waals surface area contributed by atoms with E-state index in [-0.39, 0.29) is 12.5 Å². The molecule has 0 N–H and O–H groups in total. The number of carbonyl (C=O) groups is 1. The van der Waals surface area contributed by atoms with Crippen LogP contribution >= 0.6 is 0 Å². The molecule has 0 radical (unpaired) electrons. The average molecular weight is 223 g/mol. The third-order valence-corrected chi connectivity index (χ3v) is 2.11. The molecule has 1 aromatic heterocycles. The van der Waals surface area contributed by atoms with Gasteiger partial charge in [-0.15, -0.1) is 5.10 Å². The summed E-state index contributed by atoms with van der Waals surface area (Å²) < 4.78 is 4.89. The zero-order chi connectivity index (χ0) is 12.0. The maximum atomic E-state index is 11.3. The van der Waals surface area contributed by atoms with Gasteiger partial charge in [0, 0.05) is 6.54 Å². The summed E-state index contributed by atoms with van der Waals surface area (Å²) in [7, 11) is 0. The fourth-order valence-corrected chi connectivity index (χ4v) is 1.28. The quantitative estimate of drug-likeness (QED) is 0.701. The van der Waals surface area contributed by atoms with E-state index in [1.807, 2.05) is 30.9 Å². The van der Waals surface area contributed by atoms with Gasteiger partial charge in [0.25, 0.3) is 0 Å². The Balaban J connectivity index is 2.67. The van der Waals surface area contributed by atoms with Crippen LogP contribution in [0, 0.1) is 6.92 Å². The molecule has 0 aliphatic carbocycles. The third kappa shape index (κ3) is 3.49. The highest BCUT2D eigenvalue weighted by atomic mass is 16.5. The fourth-order valence-electron chi connectivity index (χ4n) is 1.28. The van der Waals surface area contributed by atoms with Gasteiger partial charge in [-0.3, -0.25) is 4.79 Å². The molecule has 5 nitrogen and oxygen atoms in total. The summed E-state index contributed by atoms with van der Waals surface area (Å²) in [5.74, 6) is 0.452. The normalized spacial score (nSPS) is 9.94. The van der Waals surface area contributed by atoms with Gasteiger partial charge in [-0.1, -0.05) is 0 Å². The van der Waals surface area contributed by atoms with E-state index in [1.54, 1.807) is 6.92 Å². The van der Waals surface area contributed by atoms with Crippen LogP contribution in [0.15, 0.2) is 12.1 Å². The molecule has 0 aliphatic heterocycles. The summed E-state index contributed by atoms with van der Waals surface area (Å²) in [6.45, 7) is 6.92. The lowest BCUT2D eigenvalue weighted by atomic mass is 10.4. The number of likely N-dealkylation sites (N-methyl/N-ethyl adjacent to an activating group) is 1. The Kier molecular flexibility index (Phi) is 4.69. The molecule has 0 atom stereocenters. The van der Waals surface area contributed by atoms with E-state index in [4.69, 9.17) is 4.74 Å². The van der Waals surface area contributed by atoms with Gasteiger partial charge >= 0.3 is 5.97 Å². The summed E-state index contributed by atoms with van der Waals surface area (Å²) in [5, 5.41) is 7.99. The first-order valence-corrected chi connectivity index (χ1v) is 5.38. The highest BCUT2D eigenvalue weighted by Gasteiger charge is 2.11. The smallest absolute Gasteiger partial charge is 0.325 e. The number of hydrogen-bond donors (Lipinski definition) is 0. The van der Waals surface area contributed by atoms with Crippen molar-refractivity contribution in [3.8, 4) is 0 Å². The number of anilines is 1. The van der Waals surface area contributed by atoms with Crippen molar-refractivity contribution in [2.45, 2.75) is 20.8 Å². The SMILES string of the molecule is CCOC(=O)CN(CC)c1ccc(C)nn1. The van der Waals surface area contributed by atoms with E-state index in [1.165, 1.54) is 0 Å². The molecular formula is C11H17N3O2. The number of aryl methyl sites for hydroxylation is 1. The second-order valence-corrected chi connectivity index (χ2v) is 3.35. The van der Waals surface area contributed by atoms with Gasteiger partial charge in [-0.2, -0.15) is 5.10 Å². The highest BCUT2D eigenvalue weighted by Crippen LogP contribution is 2.08. The zero-order valence-corrected chi connectivity index (χ0v) is 9.93. The molecule has 0 aliphatic rings. The molecule has 1 rings (SSSR count). The Labute approximate surface area is 95.4 Å². The van der Waals surface area contributed by atoms with Gasteiger partial charge in [0.05, 0.1) is 12.3 Å². The molecule has 0 aromatic carbocycles. The van der Waals surface area contributed by atoms with Gasteiger partial charge in [-0.05, 0) is 32.9 Å². The molecule has 0 bridgehead atoms. The maximum Gasteiger partial charge on any atom is 0.325 e. The summed E-state index contributed by atoms with van der Waals surface area (Å²) in [6, 6.07) is 3.72. The van der Waals surface area contributed by atoms with Crippen molar-refractivity contribution in [2.75, 3.05) is 24.6 Å². The second-order valence-electron chi connectivity index (χ2n) is 3.35. The molecule has 1 heterocycles. The lowest BCUT2D eigenvalue weighted by molar-refractivity contribution is -0.141. The minimum Gasteiger partial charge on any atom is -0.465 e. The van der Waals surface area contributed by atoms with Crippen molar-refractivity contribution in [2.24, 2.45) is 0 Å². The van der Waals surface area contributed by atoms with E-state index < -0.39 is 0 Å². The molecule has 0 unspecified atom stereocenters. The Morgan fingerprint density at radius 3 is 2.62 bits per heavy atom. The first kappa shape index (κ1) is 12.4. The molecular weight excluding hydrogens is 206 g/mol. The van der Waals surface area contributed by atoms with E-state index in [2.05, 4.69) is 10.2 Å². The van der Waals surface area contributed by atoms with Crippen LogP contribution in [0.25, 0.3) is 0 Å². The van der Waals surface area contributed by atoms with E-state index in [9.17, 15) is 4.79 Å². The van der Waals surface area contributed by atoms with E-state index >= 15 is 0 Å². The van der Waals surface area contributed by atoms with Crippen LogP contribution in [0.3, 0.4) is 0 Å². The molecule has 0 spiro atoms. The van der Waals surface area contributed by atoms with Crippen LogP contribution in [0.1, 0.15) is 19.5 Å². The molecule has 1 aromatic rings. The number of hydrogen-bond acceptors (Lipinski definition) is 5. The van der Waals surface area contributed by atoms with Crippen LogP contribution in [0.5, 0.6) is 0 Å².